The Labute approximate surface area is 93.9 Å². The lowest BCUT2D eigenvalue weighted by Crippen LogP contribution is -2.31. The number of nitrogens with zero attached hydrogens (tertiary/aromatic N) is 1. The van der Waals surface area contributed by atoms with Gasteiger partial charge in [-0.05, 0) is 13.3 Å². The third kappa shape index (κ3) is 3.04. The summed E-state index contributed by atoms with van der Waals surface area (Å²) in [5.74, 6) is -0.259. The molecule has 6 nitrogen and oxygen atoms in total. The van der Waals surface area contributed by atoms with Gasteiger partial charge in [0.05, 0.1) is 0 Å². The van der Waals surface area contributed by atoms with Crippen LogP contribution in [0.5, 0.6) is 0 Å². The standard InChI is InChI=1S/C10H16N2O4/c1-7(10(15)11-2)5-12(6-13)8-3-4-9(14)16-8/h5-6,8-9,14H,3-4H2,1-2H3,(H,11,15)/b7-5-/t8?,9-/m0/s1. The van der Waals surface area contributed by atoms with E-state index in [9.17, 15) is 9.59 Å². The van der Waals surface area contributed by atoms with Crippen molar-refractivity contribution in [3.63, 3.8) is 0 Å². The van der Waals surface area contributed by atoms with Crippen LogP contribution in [-0.2, 0) is 14.3 Å². The zero-order chi connectivity index (χ0) is 12.1. The Balaban J connectivity index is 2.68. The molecule has 0 aromatic carbocycles. The van der Waals surface area contributed by atoms with Crippen LogP contribution in [0.3, 0.4) is 0 Å². The van der Waals surface area contributed by atoms with Crippen LogP contribution in [0.1, 0.15) is 19.8 Å². The fraction of sp³-hybridized carbons (Fsp3) is 0.600. The third-order valence-electron chi connectivity index (χ3n) is 2.36. The van der Waals surface area contributed by atoms with Crippen LogP contribution in [0.25, 0.3) is 0 Å². The van der Waals surface area contributed by atoms with Gasteiger partial charge in [-0.2, -0.15) is 0 Å². The first-order chi connectivity index (χ1) is 7.58. The lowest BCUT2D eigenvalue weighted by atomic mass is 10.2. The normalized spacial score (nSPS) is 25.3. The minimum absolute atomic E-state index is 0.259. The van der Waals surface area contributed by atoms with Gasteiger partial charge in [-0.3, -0.25) is 14.5 Å². The number of aliphatic hydroxyl groups excluding tert-OH is 1. The second kappa shape index (κ2) is 5.62. The largest absolute Gasteiger partial charge is 0.368 e. The predicted octanol–water partition coefficient (Wildman–Crippen LogP) is -0.451. The van der Waals surface area contributed by atoms with Crippen molar-refractivity contribution in [1.82, 2.24) is 10.2 Å². The fourth-order valence-corrected chi connectivity index (χ4v) is 1.48. The minimum Gasteiger partial charge on any atom is -0.368 e. The number of ether oxygens (including phenoxy) is 1. The molecule has 0 saturated carbocycles. The summed E-state index contributed by atoms with van der Waals surface area (Å²) in [6.45, 7) is 1.60. The van der Waals surface area contributed by atoms with Gasteiger partial charge in [0.2, 0.25) is 12.3 Å². The zero-order valence-electron chi connectivity index (χ0n) is 9.34. The Hall–Kier alpha value is -1.40. The molecule has 1 heterocycles. The summed E-state index contributed by atoms with van der Waals surface area (Å²) in [6.07, 6.45) is 1.71. The molecule has 0 bridgehead atoms. The molecule has 2 amide bonds. The molecular formula is C10H16N2O4. The lowest BCUT2D eigenvalue weighted by Gasteiger charge is -2.20. The van der Waals surface area contributed by atoms with E-state index in [4.69, 9.17) is 9.84 Å². The Morgan fingerprint density at radius 1 is 1.56 bits per heavy atom. The quantitative estimate of drug-likeness (QED) is 0.504. The van der Waals surface area contributed by atoms with Crippen LogP contribution in [0, 0.1) is 0 Å². The summed E-state index contributed by atoms with van der Waals surface area (Å²) in [5.41, 5.74) is 0.402. The molecule has 1 fully saturated rings. The van der Waals surface area contributed by atoms with E-state index < -0.39 is 12.5 Å². The van der Waals surface area contributed by atoms with Gasteiger partial charge in [0.15, 0.2) is 6.29 Å². The number of carbonyl (C=O) groups is 2. The molecule has 1 unspecified atom stereocenters. The highest BCUT2D eigenvalue weighted by molar-refractivity contribution is 5.92. The maximum absolute atomic E-state index is 11.2. The Bertz CT molecular complexity index is 303. The van der Waals surface area contributed by atoms with Crippen LogP contribution >= 0.6 is 0 Å². The van der Waals surface area contributed by atoms with E-state index in [1.165, 1.54) is 18.1 Å². The molecule has 2 N–H and O–H groups in total. The summed E-state index contributed by atoms with van der Waals surface area (Å²) in [5, 5.41) is 11.6. The summed E-state index contributed by atoms with van der Waals surface area (Å²) in [7, 11) is 1.51. The molecule has 6 heteroatoms. The SMILES string of the molecule is CNC(=O)/C(C)=C\N(C=O)C1CC[C@@H](O)O1. The van der Waals surface area contributed by atoms with Crippen molar-refractivity contribution in [2.75, 3.05) is 7.05 Å². The number of hydrogen-bond donors (Lipinski definition) is 2. The number of carbonyl (C=O) groups excluding carboxylic acids is 2. The van der Waals surface area contributed by atoms with Crippen LogP contribution in [0.15, 0.2) is 11.8 Å². The summed E-state index contributed by atoms with van der Waals surface area (Å²) < 4.78 is 5.10. The van der Waals surface area contributed by atoms with Crippen molar-refractivity contribution in [2.24, 2.45) is 0 Å². The number of nitrogens with one attached hydrogen (secondary N) is 1. The molecular weight excluding hydrogens is 212 g/mol. The predicted molar refractivity (Wildman–Crippen MR) is 55.8 cm³/mol. The van der Waals surface area contributed by atoms with Crippen molar-refractivity contribution < 1.29 is 19.4 Å². The number of hydrogen-bond acceptors (Lipinski definition) is 4. The number of amides is 2. The van der Waals surface area contributed by atoms with Crippen molar-refractivity contribution in [3.8, 4) is 0 Å². The first-order valence-corrected chi connectivity index (χ1v) is 5.05. The molecule has 1 saturated heterocycles. The van der Waals surface area contributed by atoms with E-state index in [1.807, 2.05) is 0 Å². The van der Waals surface area contributed by atoms with Crippen molar-refractivity contribution in [3.05, 3.63) is 11.8 Å². The molecule has 0 aromatic heterocycles. The van der Waals surface area contributed by atoms with Crippen LogP contribution in [0.2, 0.25) is 0 Å². The first-order valence-electron chi connectivity index (χ1n) is 5.05. The highest BCUT2D eigenvalue weighted by Crippen LogP contribution is 2.20. The van der Waals surface area contributed by atoms with E-state index in [0.29, 0.717) is 24.8 Å². The minimum atomic E-state index is -0.832. The second-order valence-electron chi connectivity index (χ2n) is 3.57. The molecule has 90 valence electrons. The van der Waals surface area contributed by atoms with Crippen LogP contribution in [0.4, 0.5) is 0 Å². The molecule has 16 heavy (non-hydrogen) atoms. The summed E-state index contributed by atoms with van der Waals surface area (Å²) in [6, 6.07) is 0. The number of aliphatic hydroxyl groups is 1. The van der Waals surface area contributed by atoms with E-state index >= 15 is 0 Å². The van der Waals surface area contributed by atoms with Gasteiger partial charge >= 0.3 is 0 Å². The van der Waals surface area contributed by atoms with Gasteiger partial charge in [0.1, 0.15) is 6.23 Å². The highest BCUT2D eigenvalue weighted by atomic mass is 16.6. The van der Waals surface area contributed by atoms with Crippen molar-refractivity contribution >= 4 is 12.3 Å². The lowest BCUT2D eigenvalue weighted by molar-refractivity contribution is -0.143. The smallest absolute Gasteiger partial charge is 0.248 e. The van der Waals surface area contributed by atoms with Gasteiger partial charge in [0, 0.05) is 25.2 Å². The van der Waals surface area contributed by atoms with E-state index in [1.54, 1.807) is 6.92 Å². The zero-order valence-corrected chi connectivity index (χ0v) is 9.34. The molecule has 0 radical (unpaired) electrons. The average molecular weight is 228 g/mol. The highest BCUT2D eigenvalue weighted by Gasteiger charge is 2.27. The second-order valence-corrected chi connectivity index (χ2v) is 3.57. The molecule has 1 rings (SSSR count). The van der Waals surface area contributed by atoms with Crippen LogP contribution in [-0.4, -0.2) is 41.9 Å². The number of rotatable bonds is 4. The topological polar surface area (TPSA) is 78.9 Å². The van der Waals surface area contributed by atoms with E-state index in [2.05, 4.69) is 5.32 Å². The molecule has 0 aliphatic carbocycles. The van der Waals surface area contributed by atoms with Crippen molar-refractivity contribution in [1.29, 1.82) is 0 Å². The Kier molecular flexibility index (Phi) is 4.45. The Morgan fingerprint density at radius 2 is 2.25 bits per heavy atom. The summed E-state index contributed by atoms with van der Waals surface area (Å²) >= 11 is 0. The molecule has 0 spiro atoms. The first kappa shape index (κ1) is 12.7. The van der Waals surface area contributed by atoms with Gasteiger partial charge in [-0.15, -0.1) is 0 Å². The fourth-order valence-electron chi connectivity index (χ4n) is 1.48. The molecule has 1 aliphatic rings. The van der Waals surface area contributed by atoms with E-state index in [-0.39, 0.29) is 5.91 Å². The maximum atomic E-state index is 11.2. The van der Waals surface area contributed by atoms with E-state index in [0.717, 1.165) is 0 Å². The van der Waals surface area contributed by atoms with Gasteiger partial charge in [-0.1, -0.05) is 0 Å². The Morgan fingerprint density at radius 3 is 2.69 bits per heavy atom. The average Bonchev–Trinajstić information content (AvgIpc) is 2.71. The van der Waals surface area contributed by atoms with Gasteiger partial charge < -0.3 is 15.2 Å². The number of likely N-dealkylation sites (N-methyl/N-ethyl adjacent to an activating group) is 1. The molecule has 0 aromatic rings. The maximum Gasteiger partial charge on any atom is 0.248 e. The third-order valence-corrected chi connectivity index (χ3v) is 2.36. The monoisotopic (exact) mass is 228 g/mol. The molecule has 1 aliphatic heterocycles. The summed E-state index contributed by atoms with van der Waals surface area (Å²) in [4.78, 5) is 23.3. The van der Waals surface area contributed by atoms with Gasteiger partial charge in [-0.25, -0.2) is 0 Å². The van der Waals surface area contributed by atoms with Crippen molar-refractivity contribution in [2.45, 2.75) is 32.3 Å². The van der Waals surface area contributed by atoms with Gasteiger partial charge in [0.25, 0.3) is 0 Å². The molecule has 2 atom stereocenters. The van der Waals surface area contributed by atoms with Crippen LogP contribution < -0.4 is 5.32 Å².